The summed E-state index contributed by atoms with van der Waals surface area (Å²) in [4.78, 5) is 14.1. The summed E-state index contributed by atoms with van der Waals surface area (Å²) in [5.41, 5.74) is 6.77. The third kappa shape index (κ3) is 2.79. The molecule has 2 N–H and O–H groups in total. The smallest absolute Gasteiger partial charge is 0.229 e. The number of benzene rings is 1. The first-order valence-corrected chi connectivity index (χ1v) is 6.25. The minimum Gasteiger partial charge on any atom is -0.341 e. The van der Waals surface area contributed by atoms with Gasteiger partial charge in [0, 0.05) is 24.2 Å². The molecule has 0 aromatic heterocycles. The van der Waals surface area contributed by atoms with E-state index in [1.165, 1.54) is 0 Å². The van der Waals surface area contributed by atoms with Gasteiger partial charge in [-0.05, 0) is 31.0 Å². The second-order valence-corrected chi connectivity index (χ2v) is 5.05. The molecule has 3 nitrogen and oxygen atoms in total. The number of carbonyl (C=O) groups is 1. The number of carbonyl (C=O) groups excluding carboxylic acids is 1. The summed E-state index contributed by atoms with van der Waals surface area (Å²) < 4.78 is 0. The molecule has 17 heavy (non-hydrogen) atoms. The van der Waals surface area contributed by atoms with Crippen LogP contribution >= 0.6 is 11.6 Å². The number of hydrogen-bond donors (Lipinski definition) is 1. The SMILES string of the molecule is C[C@@H](C(=O)N1CC[C@@H](N)C1)c1cccc(Cl)c1. The molecule has 0 aliphatic carbocycles. The number of rotatable bonds is 2. The monoisotopic (exact) mass is 252 g/mol. The van der Waals surface area contributed by atoms with Crippen LogP contribution < -0.4 is 5.73 Å². The fraction of sp³-hybridized carbons (Fsp3) is 0.462. The largest absolute Gasteiger partial charge is 0.341 e. The molecule has 4 heteroatoms. The number of hydrogen-bond acceptors (Lipinski definition) is 2. The van der Waals surface area contributed by atoms with Crippen LogP contribution in [0, 0.1) is 0 Å². The molecule has 1 aliphatic heterocycles. The fourth-order valence-electron chi connectivity index (χ4n) is 2.18. The summed E-state index contributed by atoms with van der Waals surface area (Å²) in [5, 5.41) is 0.667. The molecular weight excluding hydrogens is 236 g/mol. The van der Waals surface area contributed by atoms with Crippen molar-refractivity contribution in [2.24, 2.45) is 5.73 Å². The molecule has 0 saturated carbocycles. The Labute approximate surface area is 107 Å². The van der Waals surface area contributed by atoms with Gasteiger partial charge in [0.25, 0.3) is 0 Å². The van der Waals surface area contributed by atoms with Crippen LogP contribution in [-0.4, -0.2) is 29.9 Å². The number of nitrogens with zero attached hydrogens (tertiary/aromatic N) is 1. The minimum absolute atomic E-state index is 0.130. The zero-order valence-corrected chi connectivity index (χ0v) is 10.7. The topological polar surface area (TPSA) is 46.3 Å². The van der Waals surface area contributed by atoms with Gasteiger partial charge in [0.15, 0.2) is 0 Å². The number of halogens is 1. The van der Waals surface area contributed by atoms with Crippen LogP contribution in [0.4, 0.5) is 0 Å². The maximum atomic E-state index is 12.2. The van der Waals surface area contributed by atoms with E-state index in [0.717, 1.165) is 18.5 Å². The molecule has 0 bridgehead atoms. The Kier molecular flexibility index (Phi) is 3.69. The van der Waals surface area contributed by atoms with Gasteiger partial charge in [-0.2, -0.15) is 0 Å². The van der Waals surface area contributed by atoms with E-state index in [4.69, 9.17) is 17.3 Å². The highest BCUT2D eigenvalue weighted by molar-refractivity contribution is 6.30. The predicted molar refractivity (Wildman–Crippen MR) is 69.0 cm³/mol. The van der Waals surface area contributed by atoms with Crippen molar-refractivity contribution >= 4 is 17.5 Å². The molecule has 1 aliphatic rings. The van der Waals surface area contributed by atoms with E-state index in [1.807, 2.05) is 36.1 Å². The summed E-state index contributed by atoms with van der Waals surface area (Å²) in [5.74, 6) is -0.0146. The van der Waals surface area contributed by atoms with Crippen LogP contribution in [-0.2, 0) is 4.79 Å². The second-order valence-electron chi connectivity index (χ2n) is 4.61. The molecule has 2 rings (SSSR count). The van der Waals surface area contributed by atoms with Gasteiger partial charge in [0.05, 0.1) is 5.92 Å². The molecule has 1 saturated heterocycles. The van der Waals surface area contributed by atoms with Gasteiger partial charge < -0.3 is 10.6 Å². The standard InChI is InChI=1S/C13H17ClN2O/c1-9(10-3-2-4-11(14)7-10)13(17)16-6-5-12(15)8-16/h2-4,7,9,12H,5-6,8,15H2,1H3/t9-,12-/m1/s1. The van der Waals surface area contributed by atoms with Crippen molar-refractivity contribution in [1.82, 2.24) is 4.90 Å². The van der Waals surface area contributed by atoms with Crippen LogP contribution in [0.1, 0.15) is 24.8 Å². The highest BCUT2D eigenvalue weighted by atomic mass is 35.5. The van der Waals surface area contributed by atoms with Gasteiger partial charge in [-0.25, -0.2) is 0 Å². The van der Waals surface area contributed by atoms with Crippen LogP contribution in [0.15, 0.2) is 24.3 Å². The van der Waals surface area contributed by atoms with E-state index in [2.05, 4.69) is 0 Å². The Balaban J connectivity index is 2.09. The first-order valence-electron chi connectivity index (χ1n) is 5.88. The normalized spacial score (nSPS) is 21.6. The quantitative estimate of drug-likeness (QED) is 0.875. The van der Waals surface area contributed by atoms with Crippen molar-refractivity contribution in [2.75, 3.05) is 13.1 Å². The molecule has 1 amide bonds. The van der Waals surface area contributed by atoms with Crippen molar-refractivity contribution < 1.29 is 4.79 Å². The lowest BCUT2D eigenvalue weighted by Gasteiger charge is -2.21. The van der Waals surface area contributed by atoms with Gasteiger partial charge in [0.2, 0.25) is 5.91 Å². The van der Waals surface area contributed by atoms with Crippen LogP contribution in [0.3, 0.4) is 0 Å². The van der Waals surface area contributed by atoms with Gasteiger partial charge in [-0.3, -0.25) is 4.79 Å². The van der Waals surface area contributed by atoms with Crippen molar-refractivity contribution in [3.63, 3.8) is 0 Å². The van der Waals surface area contributed by atoms with Crippen molar-refractivity contribution in [3.05, 3.63) is 34.9 Å². The average Bonchev–Trinajstić information content (AvgIpc) is 2.74. The van der Waals surface area contributed by atoms with Gasteiger partial charge in [0.1, 0.15) is 0 Å². The fourth-order valence-corrected chi connectivity index (χ4v) is 2.38. The third-order valence-corrected chi connectivity index (χ3v) is 3.49. The Hall–Kier alpha value is -1.06. The van der Waals surface area contributed by atoms with E-state index in [0.29, 0.717) is 11.6 Å². The molecule has 92 valence electrons. The van der Waals surface area contributed by atoms with E-state index in [9.17, 15) is 4.79 Å². The lowest BCUT2D eigenvalue weighted by atomic mass is 10.00. The molecule has 1 fully saturated rings. The first kappa shape index (κ1) is 12.4. The Morgan fingerprint density at radius 1 is 1.59 bits per heavy atom. The van der Waals surface area contributed by atoms with Crippen LogP contribution in [0.2, 0.25) is 5.02 Å². The first-order chi connectivity index (χ1) is 8.08. The molecule has 1 aromatic rings. The third-order valence-electron chi connectivity index (χ3n) is 3.26. The molecular formula is C13H17ClN2O. The lowest BCUT2D eigenvalue weighted by molar-refractivity contribution is -0.131. The molecule has 0 unspecified atom stereocenters. The summed E-state index contributed by atoms with van der Waals surface area (Å²) >= 11 is 5.93. The summed E-state index contributed by atoms with van der Waals surface area (Å²) in [6, 6.07) is 7.60. The number of amides is 1. The van der Waals surface area contributed by atoms with E-state index < -0.39 is 0 Å². The molecule has 1 heterocycles. The van der Waals surface area contributed by atoms with E-state index in [-0.39, 0.29) is 17.9 Å². The Bertz CT molecular complexity index is 422. The number of likely N-dealkylation sites (tertiary alicyclic amines) is 1. The average molecular weight is 253 g/mol. The highest BCUT2D eigenvalue weighted by Gasteiger charge is 2.27. The van der Waals surface area contributed by atoms with E-state index in [1.54, 1.807) is 0 Å². The van der Waals surface area contributed by atoms with Crippen molar-refractivity contribution in [2.45, 2.75) is 25.3 Å². The zero-order chi connectivity index (χ0) is 12.4. The second kappa shape index (κ2) is 5.07. The Morgan fingerprint density at radius 3 is 2.94 bits per heavy atom. The molecule has 0 radical (unpaired) electrons. The number of nitrogens with two attached hydrogens (primary N) is 1. The molecule has 1 aromatic carbocycles. The van der Waals surface area contributed by atoms with Crippen molar-refractivity contribution in [1.29, 1.82) is 0 Å². The van der Waals surface area contributed by atoms with Crippen molar-refractivity contribution in [3.8, 4) is 0 Å². The maximum absolute atomic E-state index is 12.2. The van der Waals surface area contributed by atoms with Crippen LogP contribution in [0.25, 0.3) is 0 Å². The summed E-state index contributed by atoms with van der Waals surface area (Å²) in [6.07, 6.45) is 0.897. The molecule has 0 spiro atoms. The van der Waals surface area contributed by atoms with Gasteiger partial charge in [-0.1, -0.05) is 23.7 Å². The maximum Gasteiger partial charge on any atom is 0.229 e. The summed E-state index contributed by atoms with van der Waals surface area (Å²) in [6.45, 7) is 3.35. The highest BCUT2D eigenvalue weighted by Crippen LogP contribution is 2.23. The minimum atomic E-state index is -0.154. The van der Waals surface area contributed by atoms with E-state index >= 15 is 0 Å². The predicted octanol–water partition coefficient (Wildman–Crippen LogP) is 2.00. The summed E-state index contributed by atoms with van der Waals surface area (Å²) in [7, 11) is 0. The lowest BCUT2D eigenvalue weighted by Crippen LogP contribution is -2.34. The molecule has 2 atom stereocenters. The van der Waals surface area contributed by atoms with Crippen LogP contribution in [0.5, 0.6) is 0 Å². The zero-order valence-electron chi connectivity index (χ0n) is 9.90. The van der Waals surface area contributed by atoms with Gasteiger partial charge in [-0.15, -0.1) is 0 Å². The Morgan fingerprint density at radius 2 is 2.35 bits per heavy atom. The van der Waals surface area contributed by atoms with Gasteiger partial charge >= 0.3 is 0 Å².